The van der Waals surface area contributed by atoms with Crippen LogP contribution in [0.2, 0.25) is 5.02 Å². The first kappa shape index (κ1) is 11.9. The van der Waals surface area contributed by atoms with Crippen LogP contribution in [0.1, 0.15) is 18.9 Å². The van der Waals surface area contributed by atoms with Crippen LogP contribution in [0.5, 0.6) is 0 Å². The summed E-state index contributed by atoms with van der Waals surface area (Å²) in [7, 11) is 0. The lowest BCUT2D eigenvalue weighted by molar-refractivity contribution is -0.143. The second-order valence-electron chi connectivity index (χ2n) is 3.16. The van der Waals surface area contributed by atoms with Gasteiger partial charge in [0.2, 0.25) is 0 Å². The van der Waals surface area contributed by atoms with Gasteiger partial charge in [0.05, 0.1) is 6.61 Å². The van der Waals surface area contributed by atoms with Crippen molar-refractivity contribution in [2.24, 2.45) is 0 Å². The van der Waals surface area contributed by atoms with Crippen LogP contribution in [0.3, 0.4) is 0 Å². The highest BCUT2D eigenvalue weighted by molar-refractivity contribution is 6.31. The number of benzene rings is 1. The summed E-state index contributed by atoms with van der Waals surface area (Å²) >= 11 is 5.96. The van der Waals surface area contributed by atoms with Gasteiger partial charge < -0.3 is 10.5 Å². The molecule has 15 heavy (non-hydrogen) atoms. The Balaban J connectivity index is 2.54. The molecule has 0 saturated heterocycles. The predicted octanol–water partition coefficient (Wildman–Crippen LogP) is 2.42. The van der Waals surface area contributed by atoms with Crippen LogP contribution in [-0.2, 0) is 16.0 Å². The monoisotopic (exact) mass is 227 g/mol. The first-order valence-electron chi connectivity index (χ1n) is 4.83. The van der Waals surface area contributed by atoms with Crippen LogP contribution in [0.15, 0.2) is 18.2 Å². The summed E-state index contributed by atoms with van der Waals surface area (Å²) in [6, 6.07) is 5.28. The van der Waals surface area contributed by atoms with Crippen LogP contribution in [0, 0.1) is 0 Å². The molecule has 0 aliphatic heterocycles. The molecule has 0 fully saturated rings. The van der Waals surface area contributed by atoms with Gasteiger partial charge in [0.1, 0.15) is 0 Å². The molecule has 0 unspecified atom stereocenters. The van der Waals surface area contributed by atoms with E-state index < -0.39 is 0 Å². The number of nitrogen functional groups attached to an aromatic ring is 1. The molecule has 0 aliphatic rings. The van der Waals surface area contributed by atoms with Crippen LogP contribution >= 0.6 is 11.6 Å². The van der Waals surface area contributed by atoms with E-state index in [1.54, 1.807) is 19.1 Å². The fourth-order valence-corrected chi connectivity index (χ4v) is 1.52. The van der Waals surface area contributed by atoms with Gasteiger partial charge >= 0.3 is 5.97 Å². The summed E-state index contributed by atoms with van der Waals surface area (Å²) in [5.74, 6) is -0.203. The molecular formula is C11H14ClNO2. The molecule has 0 radical (unpaired) electrons. The van der Waals surface area contributed by atoms with Gasteiger partial charge in [-0.15, -0.1) is 0 Å². The molecule has 4 heteroatoms. The van der Waals surface area contributed by atoms with Crippen molar-refractivity contribution in [3.63, 3.8) is 0 Å². The van der Waals surface area contributed by atoms with E-state index in [4.69, 9.17) is 22.1 Å². The first-order valence-corrected chi connectivity index (χ1v) is 5.20. The van der Waals surface area contributed by atoms with E-state index in [2.05, 4.69) is 0 Å². The van der Waals surface area contributed by atoms with Crippen LogP contribution in [0.25, 0.3) is 0 Å². The molecule has 3 nitrogen and oxygen atoms in total. The second kappa shape index (κ2) is 5.61. The minimum absolute atomic E-state index is 0.203. The van der Waals surface area contributed by atoms with Crippen molar-refractivity contribution in [2.45, 2.75) is 19.8 Å². The molecule has 0 aliphatic carbocycles. The molecule has 0 heterocycles. The molecule has 0 atom stereocenters. The largest absolute Gasteiger partial charge is 0.466 e. The number of hydrogen-bond donors (Lipinski definition) is 1. The molecule has 1 aromatic rings. The number of aryl methyl sites for hydroxylation is 1. The third-order valence-electron chi connectivity index (χ3n) is 1.98. The Labute approximate surface area is 94.2 Å². The Morgan fingerprint density at radius 2 is 2.27 bits per heavy atom. The van der Waals surface area contributed by atoms with Crippen molar-refractivity contribution in [3.05, 3.63) is 28.8 Å². The molecule has 0 aromatic heterocycles. The van der Waals surface area contributed by atoms with Crippen LogP contribution < -0.4 is 5.73 Å². The van der Waals surface area contributed by atoms with E-state index in [1.807, 2.05) is 6.07 Å². The highest BCUT2D eigenvalue weighted by Crippen LogP contribution is 2.20. The Bertz CT molecular complexity index is 352. The lowest BCUT2D eigenvalue weighted by Gasteiger charge is -2.05. The number of anilines is 1. The van der Waals surface area contributed by atoms with E-state index in [0.717, 1.165) is 5.56 Å². The van der Waals surface area contributed by atoms with Gasteiger partial charge in [0, 0.05) is 17.1 Å². The highest BCUT2D eigenvalue weighted by atomic mass is 35.5. The van der Waals surface area contributed by atoms with Crippen LogP contribution in [0.4, 0.5) is 5.69 Å². The van der Waals surface area contributed by atoms with Crippen molar-refractivity contribution in [1.82, 2.24) is 0 Å². The summed E-state index contributed by atoms with van der Waals surface area (Å²) in [5.41, 5.74) is 7.10. The molecule has 82 valence electrons. The smallest absolute Gasteiger partial charge is 0.306 e. The summed E-state index contributed by atoms with van der Waals surface area (Å²) < 4.78 is 4.82. The number of ether oxygens (including phenoxy) is 1. The van der Waals surface area contributed by atoms with Gasteiger partial charge in [-0.1, -0.05) is 17.7 Å². The Morgan fingerprint density at radius 3 is 2.87 bits per heavy atom. The number of carbonyl (C=O) groups is 1. The third kappa shape index (κ3) is 3.80. The summed E-state index contributed by atoms with van der Waals surface area (Å²) in [4.78, 5) is 11.1. The maximum atomic E-state index is 11.1. The van der Waals surface area contributed by atoms with Gasteiger partial charge in [-0.25, -0.2) is 0 Å². The van der Waals surface area contributed by atoms with E-state index >= 15 is 0 Å². The Hall–Kier alpha value is -1.22. The second-order valence-corrected chi connectivity index (χ2v) is 3.56. The third-order valence-corrected chi connectivity index (χ3v) is 2.33. The van der Waals surface area contributed by atoms with Gasteiger partial charge in [0.15, 0.2) is 0 Å². The van der Waals surface area contributed by atoms with E-state index in [1.165, 1.54) is 0 Å². The molecule has 1 aromatic carbocycles. The summed E-state index contributed by atoms with van der Waals surface area (Å²) in [5, 5.41) is 0.597. The lowest BCUT2D eigenvalue weighted by atomic mass is 10.1. The Morgan fingerprint density at radius 1 is 1.53 bits per heavy atom. The SMILES string of the molecule is CCOC(=O)CCc1ccc(N)cc1Cl. The average molecular weight is 228 g/mol. The van der Waals surface area contributed by atoms with E-state index in [-0.39, 0.29) is 5.97 Å². The number of rotatable bonds is 4. The summed E-state index contributed by atoms with van der Waals surface area (Å²) in [6.07, 6.45) is 0.926. The van der Waals surface area contributed by atoms with E-state index in [0.29, 0.717) is 30.2 Å². The zero-order chi connectivity index (χ0) is 11.3. The molecule has 0 saturated carbocycles. The van der Waals surface area contributed by atoms with Gasteiger partial charge in [-0.3, -0.25) is 4.79 Å². The lowest BCUT2D eigenvalue weighted by Crippen LogP contribution is -2.05. The number of esters is 1. The Kier molecular flexibility index (Phi) is 4.43. The molecule has 1 rings (SSSR count). The first-order chi connectivity index (χ1) is 7.13. The molecule has 2 N–H and O–H groups in total. The van der Waals surface area contributed by atoms with Crippen molar-refractivity contribution in [3.8, 4) is 0 Å². The zero-order valence-electron chi connectivity index (χ0n) is 8.63. The fourth-order valence-electron chi connectivity index (χ4n) is 1.24. The normalized spacial score (nSPS) is 10.0. The van der Waals surface area contributed by atoms with E-state index in [9.17, 15) is 4.79 Å². The zero-order valence-corrected chi connectivity index (χ0v) is 9.38. The molecular weight excluding hydrogens is 214 g/mol. The van der Waals surface area contributed by atoms with Crippen molar-refractivity contribution < 1.29 is 9.53 Å². The molecule has 0 spiro atoms. The summed E-state index contributed by atoms with van der Waals surface area (Å²) in [6.45, 7) is 2.20. The topological polar surface area (TPSA) is 52.3 Å². The van der Waals surface area contributed by atoms with Gasteiger partial charge in [-0.2, -0.15) is 0 Å². The number of halogens is 1. The number of carbonyl (C=O) groups excluding carboxylic acids is 1. The van der Waals surface area contributed by atoms with Crippen molar-refractivity contribution in [1.29, 1.82) is 0 Å². The maximum Gasteiger partial charge on any atom is 0.306 e. The van der Waals surface area contributed by atoms with Gasteiger partial charge in [-0.05, 0) is 31.0 Å². The van der Waals surface area contributed by atoms with Crippen molar-refractivity contribution >= 4 is 23.3 Å². The number of nitrogens with two attached hydrogens (primary N) is 1. The number of hydrogen-bond acceptors (Lipinski definition) is 3. The molecule has 0 amide bonds. The minimum Gasteiger partial charge on any atom is -0.466 e. The predicted molar refractivity (Wildman–Crippen MR) is 60.8 cm³/mol. The maximum absolute atomic E-state index is 11.1. The average Bonchev–Trinajstić information content (AvgIpc) is 2.17. The quantitative estimate of drug-likeness (QED) is 0.635. The highest BCUT2D eigenvalue weighted by Gasteiger charge is 2.05. The van der Waals surface area contributed by atoms with Crippen LogP contribution in [-0.4, -0.2) is 12.6 Å². The minimum atomic E-state index is -0.203. The molecule has 0 bridgehead atoms. The van der Waals surface area contributed by atoms with Crippen molar-refractivity contribution in [2.75, 3.05) is 12.3 Å². The fraction of sp³-hybridized carbons (Fsp3) is 0.364. The van der Waals surface area contributed by atoms with Gasteiger partial charge in [0.25, 0.3) is 0 Å². The standard InChI is InChI=1S/C11H14ClNO2/c1-2-15-11(14)6-4-8-3-5-9(13)7-10(8)12/h3,5,7H,2,4,6,13H2,1H3.